The molecule has 32 heavy (non-hydrogen) atoms. The van der Waals surface area contributed by atoms with Crippen LogP contribution in [0.25, 0.3) is 11.6 Å². The third-order valence-electron chi connectivity index (χ3n) is 4.40. The maximum atomic E-state index is 14.1. The zero-order valence-electron chi connectivity index (χ0n) is 16.8. The second-order valence-corrected chi connectivity index (χ2v) is 6.67. The number of aromatic nitrogens is 4. The normalized spacial score (nSPS) is 10.7. The minimum absolute atomic E-state index is 0.0462. The maximum Gasteiger partial charge on any atom is 0.259 e. The van der Waals surface area contributed by atoms with Crippen molar-refractivity contribution in [3.63, 3.8) is 0 Å². The number of carbonyl (C=O) groups excluding carboxylic acids is 2. The lowest BCUT2D eigenvalue weighted by Gasteiger charge is -2.09. The first-order valence-electron chi connectivity index (χ1n) is 9.54. The Bertz CT molecular complexity index is 1250. The number of rotatable bonds is 7. The molecule has 0 saturated heterocycles. The minimum atomic E-state index is -0.640. The second-order valence-electron chi connectivity index (χ2n) is 6.67. The molecular weight excluding hydrogens is 419 g/mol. The van der Waals surface area contributed by atoms with Gasteiger partial charge in [0.25, 0.3) is 5.91 Å². The van der Waals surface area contributed by atoms with Gasteiger partial charge >= 0.3 is 0 Å². The Labute approximate surface area is 180 Å². The van der Waals surface area contributed by atoms with Crippen molar-refractivity contribution in [2.24, 2.45) is 0 Å². The van der Waals surface area contributed by atoms with Gasteiger partial charge in [-0.3, -0.25) is 9.59 Å². The summed E-state index contributed by atoms with van der Waals surface area (Å²) in [5.41, 5.74) is 0.538. The molecule has 2 amide bonds. The van der Waals surface area contributed by atoms with Gasteiger partial charge in [-0.2, -0.15) is 4.98 Å². The molecule has 4 rings (SSSR count). The van der Waals surface area contributed by atoms with Crippen LogP contribution in [0.1, 0.15) is 28.4 Å². The lowest BCUT2D eigenvalue weighted by Crippen LogP contribution is -2.15. The largest absolute Gasteiger partial charge is 0.469 e. The first-order chi connectivity index (χ1) is 15.5. The van der Waals surface area contributed by atoms with Gasteiger partial charge in [0.1, 0.15) is 11.6 Å². The fourth-order valence-electron chi connectivity index (χ4n) is 2.81. The molecule has 10 nitrogen and oxygen atoms in total. The van der Waals surface area contributed by atoms with Gasteiger partial charge in [0.05, 0.1) is 17.5 Å². The molecule has 3 heterocycles. The van der Waals surface area contributed by atoms with E-state index < -0.39 is 11.7 Å². The monoisotopic (exact) mass is 436 g/mol. The Morgan fingerprint density at radius 2 is 1.91 bits per heavy atom. The van der Waals surface area contributed by atoms with E-state index in [1.165, 1.54) is 24.5 Å². The molecule has 4 aromatic rings. The number of aryl methyl sites for hydroxylation is 2. The summed E-state index contributed by atoms with van der Waals surface area (Å²) in [7, 11) is 0. The molecule has 0 radical (unpaired) electrons. The highest BCUT2D eigenvalue weighted by molar-refractivity contribution is 6.05. The van der Waals surface area contributed by atoms with Crippen LogP contribution < -0.4 is 10.6 Å². The first kappa shape index (κ1) is 20.8. The zero-order valence-corrected chi connectivity index (χ0v) is 16.8. The number of hydrogen-bond acceptors (Lipinski definition) is 8. The number of amides is 2. The molecule has 2 N–H and O–H groups in total. The van der Waals surface area contributed by atoms with Crippen LogP contribution in [0.4, 0.5) is 15.8 Å². The molecule has 0 fully saturated rings. The van der Waals surface area contributed by atoms with Gasteiger partial charge in [0.2, 0.25) is 23.4 Å². The number of halogens is 1. The topological polar surface area (TPSA) is 136 Å². The van der Waals surface area contributed by atoms with E-state index in [0.29, 0.717) is 22.8 Å². The molecule has 0 aliphatic heterocycles. The van der Waals surface area contributed by atoms with Crippen LogP contribution in [0, 0.1) is 12.7 Å². The van der Waals surface area contributed by atoms with Gasteiger partial charge in [-0.25, -0.2) is 14.4 Å². The third kappa shape index (κ3) is 4.83. The van der Waals surface area contributed by atoms with E-state index in [1.807, 2.05) is 0 Å². The van der Waals surface area contributed by atoms with Crippen LogP contribution in [0.5, 0.6) is 0 Å². The number of hydrogen-bond donors (Lipinski definition) is 2. The molecule has 0 spiro atoms. The summed E-state index contributed by atoms with van der Waals surface area (Å²) in [4.78, 5) is 36.8. The predicted octanol–water partition coefficient (Wildman–Crippen LogP) is 3.39. The number of nitrogens with zero attached hydrogens (tertiary/aromatic N) is 4. The molecule has 0 unspecified atom stereocenters. The summed E-state index contributed by atoms with van der Waals surface area (Å²) in [6.07, 6.45) is 4.72. The average Bonchev–Trinajstić information content (AvgIpc) is 3.44. The van der Waals surface area contributed by atoms with Gasteiger partial charge in [-0.15, -0.1) is 0 Å². The van der Waals surface area contributed by atoms with Gasteiger partial charge in [0.15, 0.2) is 0 Å². The van der Waals surface area contributed by atoms with E-state index in [0.717, 1.165) is 6.07 Å². The maximum absolute atomic E-state index is 14.1. The van der Waals surface area contributed by atoms with Gasteiger partial charge in [-0.1, -0.05) is 5.16 Å². The summed E-state index contributed by atoms with van der Waals surface area (Å²) in [6, 6.07) is 7.03. The van der Waals surface area contributed by atoms with E-state index in [4.69, 9.17) is 8.94 Å². The number of anilines is 2. The van der Waals surface area contributed by atoms with Crippen molar-refractivity contribution in [2.45, 2.75) is 19.8 Å². The van der Waals surface area contributed by atoms with Crippen molar-refractivity contribution in [1.82, 2.24) is 20.1 Å². The van der Waals surface area contributed by atoms with Gasteiger partial charge in [0, 0.05) is 30.9 Å². The lowest BCUT2D eigenvalue weighted by atomic mass is 10.2. The van der Waals surface area contributed by atoms with Crippen LogP contribution in [0.15, 0.2) is 57.9 Å². The molecule has 0 bridgehead atoms. The van der Waals surface area contributed by atoms with Crippen molar-refractivity contribution in [1.29, 1.82) is 0 Å². The SMILES string of the molecule is Cc1occc1C(=O)Nc1cc(NC(=O)CCc2nc(-c3ncccn3)no2)ccc1F. The number of furan rings is 1. The highest BCUT2D eigenvalue weighted by atomic mass is 19.1. The lowest BCUT2D eigenvalue weighted by molar-refractivity contribution is -0.116. The molecule has 3 aromatic heterocycles. The smallest absolute Gasteiger partial charge is 0.259 e. The van der Waals surface area contributed by atoms with E-state index in [9.17, 15) is 14.0 Å². The van der Waals surface area contributed by atoms with Crippen LogP contribution in [0.3, 0.4) is 0 Å². The first-order valence-corrected chi connectivity index (χ1v) is 9.54. The second kappa shape index (κ2) is 9.16. The molecule has 11 heteroatoms. The molecule has 0 aliphatic carbocycles. The quantitative estimate of drug-likeness (QED) is 0.450. The molecule has 0 aliphatic rings. The minimum Gasteiger partial charge on any atom is -0.469 e. The van der Waals surface area contributed by atoms with Gasteiger partial charge in [-0.05, 0) is 37.3 Å². The van der Waals surface area contributed by atoms with E-state index >= 15 is 0 Å². The molecule has 1 aromatic carbocycles. The van der Waals surface area contributed by atoms with Crippen LogP contribution in [0.2, 0.25) is 0 Å². The van der Waals surface area contributed by atoms with Crippen molar-refractivity contribution >= 4 is 23.2 Å². The van der Waals surface area contributed by atoms with Crippen LogP contribution in [-0.2, 0) is 11.2 Å². The zero-order chi connectivity index (χ0) is 22.5. The number of carbonyl (C=O) groups is 2. The molecule has 0 saturated carbocycles. The van der Waals surface area contributed by atoms with E-state index in [-0.39, 0.29) is 36.2 Å². The summed E-state index contributed by atoms with van der Waals surface area (Å²) in [5, 5.41) is 8.91. The Kier molecular flexibility index (Phi) is 5.97. The number of benzene rings is 1. The van der Waals surface area contributed by atoms with Gasteiger partial charge < -0.3 is 19.6 Å². The average molecular weight is 436 g/mol. The Hall–Kier alpha value is -4.41. The standard InChI is InChI=1S/C21H17FN6O4/c1-12-14(7-10-31-12)21(30)26-16-11-13(3-4-15(16)22)25-17(29)5-6-18-27-20(28-32-18)19-23-8-2-9-24-19/h2-4,7-11H,5-6H2,1H3,(H,25,29)(H,26,30). The van der Waals surface area contributed by atoms with E-state index in [1.54, 1.807) is 25.4 Å². The predicted molar refractivity (Wildman–Crippen MR) is 110 cm³/mol. The molecule has 162 valence electrons. The Balaban J connectivity index is 1.35. The molecule has 0 atom stereocenters. The van der Waals surface area contributed by atoms with Crippen molar-refractivity contribution in [3.8, 4) is 11.6 Å². The van der Waals surface area contributed by atoms with Crippen LogP contribution >= 0.6 is 0 Å². The fourth-order valence-corrected chi connectivity index (χ4v) is 2.81. The summed E-state index contributed by atoms with van der Waals surface area (Å²) in [5.74, 6) is -0.297. The fraction of sp³-hybridized carbons (Fsp3) is 0.143. The Morgan fingerprint density at radius 1 is 1.09 bits per heavy atom. The summed E-state index contributed by atoms with van der Waals surface area (Å²) < 4.78 is 24.3. The Morgan fingerprint density at radius 3 is 2.66 bits per heavy atom. The van der Waals surface area contributed by atoms with E-state index in [2.05, 4.69) is 30.7 Å². The summed E-state index contributed by atoms with van der Waals surface area (Å²) in [6.45, 7) is 1.63. The van der Waals surface area contributed by atoms with Crippen molar-refractivity contribution in [3.05, 3.63) is 72.0 Å². The van der Waals surface area contributed by atoms with Crippen molar-refractivity contribution in [2.75, 3.05) is 10.6 Å². The molecular formula is C21H17FN6O4. The highest BCUT2D eigenvalue weighted by Gasteiger charge is 2.16. The van der Waals surface area contributed by atoms with Crippen LogP contribution in [-0.4, -0.2) is 31.9 Å². The number of nitrogens with one attached hydrogen (secondary N) is 2. The highest BCUT2D eigenvalue weighted by Crippen LogP contribution is 2.22. The van der Waals surface area contributed by atoms with Crippen molar-refractivity contribution < 1.29 is 22.9 Å². The third-order valence-corrected chi connectivity index (χ3v) is 4.40. The summed E-state index contributed by atoms with van der Waals surface area (Å²) >= 11 is 0.